The van der Waals surface area contributed by atoms with Crippen molar-refractivity contribution in [1.82, 2.24) is 14.9 Å². The van der Waals surface area contributed by atoms with Crippen LogP contribution in [0, 0.1) is 12.7 Å². The van der Waals surface area contributed by atoms with Crippen LogP contribution in [0.1, 0.15) is 56.7 Å². The first kappa shape index (κ1) is 22.0. The Kier molecular flexibility index (Phi) is 6.04. The van der Waals surface area contributed by atoms with Crippen LogP contribution >= 0.6 is 0 Å². The van der Waals surface area contributed by atoms with E-state index in [9.17, 15) is 9.18 Å². The monoisotopic (exact) mass is 441 g/mol. The van der Waals surface area contributed by atoms with Gasteiger partial charge >= 0.3 is 6.09 Å². The minimum Gasteiger partial charge on any atom is -0.473 e. The number of aryl methyl sites for hydroxylation is 1. The van der Waals surface area contributed by atoms with Gasteiger partial charge in [-0.3, -0.25) is 0 Å². The molecule has 7 nitrogen and oxygen atoms in total. The zero-order valence-electron chi connectivity index (χ0n) is 18.9. The fourth-order valence-corrected chi connectivity index (χ4v) is 3.79. The molecular formula is C24H28FN3O4. The summed E-state index contributed by atoms with van der Waals surface area (Å²) in [5.74, 6) is 0.758. The third-order valence-corrected chi connectivity index (χ3v) is 5.35. The third kappa shape index (κ3) is 5.18. The number of ether oxygens (including phenoxy) is 2. The van der Waals surface area contributed by atoms with E-state index in [1.54, 1.807) is 24.0 Å². The molecule has 0 N–H and O–H groups in total. The molecule has 2 aromatic heterocycles. The van der Waals surface area contributed by atoms with E-state index in [0.29, 0.717) is 41.5 Å². The van der Waals surface area contributed by atoms with Crippen molar-refractivity contribution in [2.75, 3.05) is 13.1 Å². The first-order valence-corrected chi connectivity index (χ1v) is 10.8. The lowest BCUT2D eigenvalue weighted by atomic mass is 9.93. The quantitative estimate of drug-likeness (QED) is 0.542. The molecule has 0 saturated carbocycles. The van der Waals surface area contributed by atoms with Gasteiger partial charge in [0.05, 0.1) is 0 Å². The second-order valence-electron chi connectivity index (χ2n) is 9.08. The molecule has 0 aliphatic carbocycles. The third-order valence-electron chi connectivity index (χ3n) is 5.35. The van der Waals surface area contributed by atoms with E-state index in [1.807, 2.05) is 32.9 Å². The summed E-state index contributed by atoms with van der Waals surface area (Å²) in [6, 6.07) is 8.57. The van der Waals surface area contributed by atoms with E-state index >= 15 is 0 Å². The van der Waals surface area contributed by atoms with Crippen LogP contribution in [0.5, 0.6) is 5.88 Å². The maximum atomic E-state index is 14.4. The van der Waals surface area contributed by atoms with Crippen LogP contribution in [0.3, 0.4) is 0 Å². The number of hydrogen-bond donors (Lipinski definition) is 0. The Hall–Kier alpha value is -3.16. The number of fused-ring (bicyclic) bond motifs is 1. The zero-order chi connectivity index (χ0) is 22.9. The van der Waals surface area contributed by atoms with Crippen LogP contribution in [0.25, 0.3) is 11.1 Å². The molecule has 1 amide bonds. The van der Waals surface area contributed by atoms with Gasteiger partial charge < -0.3 is 18.8 Å². The van der Waals surface area contributed by atoms with Crippen LogP contribution in [-0.2, 0) is 11.3 Å². The van der Waals surface area contributed by atoms with E-state index in [-0.39, 0.29) is 18.6 Å². The summed E-state index contributed by atoms with van der Waals surface area (Å²) in [6.45, 7) is 8.59. The van der Waals surface area contributed by atoms with Crippen molar-refractivity contribution in [1.29, 1.82) is 0 Å². The Bertz CT molecular complexity index is 1110. The average molecular weight is 442 g/mol. The van der Waals surface area contributed by atoms with Crippen LogP contribution in [0.15, 0.2) is 34.7 Å². The summed E-state index contributed by atoms with van der Waals surface area (Å²) >= 11 is 0. The van der Waals surface area contributed by atoms with E-state index in [2.05, 4.69) is 9.97 Å². The largest absolute Gasteiger partial charge is 0.473 e. The predicted molar refractivity (Wildman–Crippen MR) is 117 cm³/mol. The SMILES string of the molecule is Cc1nc2cc(F)c(COc3cccc(C4CCN(C(=O)OC(C)(C)C)CC4)n3)cc2o1. The highest BCUT2D eigenvalue weighted by Crippen LogP contribution is 2.29. The number of aromatic nitrogens is 2. The van der Waals surface area contributed by atoms with Gasteiger partial charge in [0, 0.05) is 49.3 Å². The Morgan fingerprint density at radius 1 is 1.22 bits per heavy atom. The minimum absolute atomic E-state index is 0.0368. The first-order chi connectivity index (χ1) is 15.2. The summed E-state index contributed by atoms with van der Waals surface area (Å²) in [5.41, 5.74) is 1.81. The van der Waals surface area contributed by atoms with Gasteiger partial charge in [-0.2, -0.15) is 0 Å². The number of likely N-dealkylation sites (tertiary alicyclic amines) is 1. The summed E-state index contributed by atoms with van der Waals surface area (Å²) in [6.07, 6.45) is 1.32. The van der Waals surface area contributed by atoms with Gasteiger partial charge in [0.2, 0.25) is 5.88 Å². The Labute approximate surface area is 186 Å². The molecule has 1 fully saturated rings. The van der Waals surface area contributed by atoms with E-state index in [4.69, 9.17) is 13.9 Å². The number of rotatable bonds is 4. The Morgan fingerprint density at radius 2 is 1.97 bits per heavy atom. The zero-order valence-corrected chi connectivity index (χ0v) is 18.9. The summed E-state index contributed by atoms with van der Waals surface area (Å²) < 4.78 is 31.1. The van der Waals surface area contributed by atoms with Crippen LogP contribution in [0.4, 0.5) is 9.18 Å². The van der Waals surface area contributed by atoms with Crippen molar-refractivity contribution in [3.63, 3.8) is 0 Å². The number of hydrogen-bond acceptors (Lipinski definition) is 6. The number of amides is 1. The molecular weight excluding hydrogens is 413 g/mol. The normalized spacial score (nSPS) is 15.2. The standard InChI is InChI=1S/C24H28FN3O4/c1-15-26-20-13-18(25)17(12-21(20)31-15)14-30-22-7-5-6-19(27-22)16-8-10-28(11-9-16)23(29)32-24(2,3)4/h5-7,12-13,16H,8-11,14H2,1-4H3. The molecule has 8 heteroatoms. The van der Waals surface area contributed by atoms with Crippen LogP contribution < -0.4 is 4.74 Å². The lowest BCUT2D eigenvalue weighted by molar-refractivity contribution is 0.0204. The van der Waals surface area contributed by atoms with Gasteiger partial charge in [-0.05, 0) is 45.7 Å². The maximum Gasteiger partial charge on any atom is 0.410 e. The number of pyridine rings is 1. The van der Waals surface area contributed by atoms with Crippen molar-refractivity contribution in [3.8, 4) is 5.88 Å². The molecule has 1 aliphatic heterocycles. The molecule has 1 aliphatic rings. The van der Waals surface area contributed by atoms with Gasteiger partial charge in [-0.15, -0.1) is 0 Å². The van der Waals surface area contributed by atoms with Gasteiger partial charge in [0.15, 0.2) is 11.5 Å². The van der Waals surface area contributed by atoms with Gasteiger partial charge in [-0.1, -0.05) is 6.07 Å². The number of carbonyl (C=O) groups excluding carboxylic acids is 1. The van der Waals surface area contributed by atoms with Crippen molar-refractivity contribution >= 4 is 17.2 Å². The topological polar surface area (TPSA) is 77.7 Å². The highest BCUT2D eigenvalue weighted by Gasteiger charge is 2.28. The molecule has 3 heterocycles. The molecule has 3 aromatic rings. The molecule has 1 aromatic carbocycles. The lowest BCUT2D eigenvalue weighted by Gasteiger charge is -2.33. The smallest absolute Gasteiger partial charge is 0.410 e. The minimum atomic E-state index is -0.503. The number of oxazole rings is 1. The predicted octanol–water partition coefficient (Wildman–Crippen LogP) is 5.36. The molecule has 1 saturated heterocycles. The number of piperidine rings is 1. The molecule has 0 unspecified atom stereocenters. The van der Waals surface area contributed by atoms with Crippen LogP contribution in [0.2, 0.25) is 0 Å². The fourth-order valence-electron chi connectivity index (χ4n) is 3.79. The molecule has 170 valence electrons. The second kappa shape index (κ2) is 8.76. The molecule has 0 atom stereocenters. The fraction of sp³-hybridized carbons (Fsp3) is 0.458. The van der Waals surface area contributed by atoms with E-state index in [1.165, 1.54) is 6.07 Å². The highest BCUT2D eigenvalue weighted by molar-refractivity contribution is 5.73. The van der Waals surface area contributed by atoms with Gasteiger partial charge in [0.1, 0.15) is 23.5 Å². The average Bonchev–Trinajstić information content (AvgIpc) is 3.10. The van der Waals surface area contributed by atoms with E-state index < -0.39 is 11.4 Å². The van der Waals surface area contributed by atoms with Crippen molar-refractivity contribution in [2.24, 2.45) is 0 Å². The van der Waals surface area contributed by atoms with Crippen molar-refractivity contribution in [3.05, 3.63) is 53.3 Å². The molecule has 32 heavy (non-hydrogen) atoms. The second-order valence-corrected chi connectivity index (χ2v) is 9.08. The molecule has 0 bridgehead atoms. The summed E-state index contributed by atoms with van der Waals surface area (Å²) in [5, 5.41) is 0. The Balaban J connectivity index is 1.37. The number of halogens is 1. The van der Waals surface area contributed by atoms with E-state index in [0.717, 1.165) is 18.5 Å². The number of carbonyl (C=O) groups is 1. The van der Waals surface area contributed by atoms with Crippen molar-refractivity contribution in [2.45, 2.75) is 58.7 Å². The number of nitrogens with zero attached hydrogens (tertiary/aromatic N) is 3. The van der Waals surface area contributed by atoms with Crippen LogP contribution in [-0.4, -0.2) is 39.7 Å². The van der Waals surface area contributed by atoms with Crippen molar-refractivity contribution < 1.29 is 23.1 Å². The summed E-state index contributed by atoms with van der Waals surface area (Å²) in [7, 11) is 0. The highest BCUT2D eigenvalue weighted by atomic mass is 19.1. The van der Waals surface area contributed by atoms with Gasteiger partial charge in [-0.25, -0.2) is 19.2 Å². The first-order valence-electron chi connectivity index (χ1n) is 10.8. The molecule has 0 radical (unpaired) electrons. The maximum absolute atomic E-state index is 14.4. The Morgan fingerprint density at radius 3 is 2.69 bits per heavy atom. The molecule has 0 spiro atoms. The van der Waals surface area contributed by atoms with Gasteiger partial charge in [0.25, 0.3) is 0 Å². The number of benzene rings is 1. The summed E-state index contributed by atoms with van der Waals surface area (Å²) in [4.78, 5) is 22.8. The lowest BCUT2D eigenvalue weighted by Crippen LogP contribution is -2.41. The molecule has 4 rings (SSSR count).